The summed E-state index contributed by atoms with van der Waals surface area (Å²) < 4.78 is 10.5. The third kappa shape index (κ3) is 3.58. The second-order valence-corrected chi connectivity index (χ2v) is 5.10. The van der Waals surface area contributed by atoms with Gasteiger partial charge in [0, 0.05) is 16.3 Å². The number of benzene rings is 2. The van der Waals surface area contributed by atoms with Crippen molar-refractivity contribution in [3.8, 4) is 11.5 Å². The summed E-state index contributed by atoms with van der Waals surface area (Å²) in [6, 6.07) is 13.9. The van der Waals surface area contributed by atoms with Gasteiger partial charge in [-0.15, -0.1) is 11.8 Å². The molecule has 0 aliphatic carbocycles. The molecule has 0 heterocycles. The molecule has 0 aliphatic heterocycles. The fraction of sp³-hybridized carbons (Fsp3) is 0.200. The van der Waals surface area contributed by atoms with E-state index in [9.17, 15) is 0 Å². The van der Waals surface area contributed by atoms with Gasteiger partial charge in [0.2, 0.25) is 0 Å². The van der Waals surface area contributed by atoms with Gasteiger partial charge in [-0.1, -0.05) is 6.07 Å². The zero-order valence-corrected chi connectivity index (χ0v) is 11.9. The average Bonchev–Trinajstić information content (AvgIpc) is 2.46. The van der Waals surface area contributed by atoms with Crippen molar-refractivity contribution in [1.29, 1.82) is 0 Å². The molecule has 2 N–H and O–H groups in total. The van der Waals surface area contributed by atoms with E-state index in [1.165, 1.54) is 10.5 Å². The van der Waals surface area contributed by atoms with Crippen LogP contribution < -0.4 is 15.2 Å². The summed E-state index contributed by atoms with van der Waals surface area (Å²) in [7, 11) is 3.29. The number of hydrogen-bond donors (Lipinski definition) is 1. The van der Waals surface area contributed by atoms with Crippen LogP contribution in [0.5, 0.6) is 11.5 Å². The molecule has 0 atom stereocenters. The second kappa shape index (κ2) is 6.38. The Kier molecular flexibility index (Phi) is 4.58. The summed E-state index contributed by atoms with van der Waals surface area (Å²) in [5, 5.41) is 0. The molecule has 0 fully saturated rings. The lowest BCUT2D eigenvalue weighted by Crippen LogP contribution is -1.91. The van der Waals surface area contributed by atoms with Crippen LogP contribution in [0.3, 0.4) is 0 Å². The van der Waals surface area contributed by atoms with E-state index in [4.69, 9.17) is 15.2 Å². The zero-order chi connectivity index (χ0) is 13.7. The highest BCUT2D eigenvalue weighted by atomic mass is 32.2. The molecule has 0 radical (unpaired) electrons. The first-order chi connectivity index (χ1) is 9.22. The van der Waals surface area contributed by atoms with Gasteiger partial charge in [-0.3, -0.25) is 0 Å². The number of anilines is 1. The summed E-state index contributed by atoms with van der Waals surface area (Å²) in [5.41, 5.74) is 7.65. The van der Waals surface area contributed by atoms with Crippen LogP contribution in [-0.2, 0) is 5.75 Å². The summed E-state index contributed by atoms with van der Waals surface area (Å²) in [5.74, 6) is 2.39. The van der Waals surface area contributed by atoms with Crippen LogP contribution in [0.1, 0.15) is 5.56 Å². The molecule has 100 valence electrons. The first-order valence-corrected chi connectivity index (χ1v) is 6.90. The molecule has 0 aliphatic rings. The second-order valence-electron chi connectivity index (χ2n) is 4.05. The van der Waals surface area contributed by atoms with E-state index >= 15 is 0 Å². The largest absolute Gasteiger partial charge is 0.493 e. The standard InChI is InChI=1S/C15H17NO2S/c1-17-14-8-3-11(9-15(14)18-2)10-19-13-6-4-12(16)5-7-13/h3-9H,10,16H2,1-2H3. The first-order valence-electron chi connectivity index (χ1n) is 5.92. The predicted molar refractivity (Wildman–Crippen MR) is 80.0 cm³/mol. The predicted octanol–water partition coefficient (Wildman–Crippen LogP) is 3.58. The molecule has 19 heavy (non-hydrogen) atoms. The van der Waals surface area contributed by atoms with E-state index in [0.717, 1.165) is 22.9 Å². The van der Waals surface area contributed by atoms with E-state index in [0.29, 0.717) is 0 Å². The van der Waals surface area contributed by atoms with Gasteiger partial charge in [0.1, 0.15) is 0 Å². The molecule has 0 saturated heterocycles. The average molecular weight is 275 g/mol. The molecule has 3 nitrogen and oxygen atoms in total. The summed E-state index contributed by atoms with van der Waals surface area (Å²) >= 11 is 1.76. The Labute approximate surface area is 117 Å². The lowest BCUT2D eigenvalue weighted by atomic mass is 10.2. The minimum absolute atomic E-state index is 0.753. The normalized spacial score (nSPS) is 10.2. The van der Waals surface area contributed by atoms with E-state index in [1.807, 2.05) is 42.5 Å². The van der Waals surface area contributed by atoms with Crippen LogP contribution >= 0.6 is 11.8 Å². The molecule has 0 saturated carbocycles. The maximum absolute atomic E-state index is 5.66. The molecule has 0 unspecified atom stereocenters. The van der Waals surface area contributed by atoms with Crippen molar-refractivity contribution in [3.63, 3.8) is 0 Å². The van der Waals surface area contributed by atoms with Gasteiger partial charge in [-0.2, -0.15) is 0 Å². The van der Waals surface area contributed by atoms with Gasteiger partial charge in [0.25, 0.3) is 0 Å². The molecule has 2 aromatic rings. The van der Waals surface area contributed by atoms with E-state index in [1.54, 1.807) is 26.0 Å². The van der Waals surface area contributed by atoms with Crippen LogP contribution in [0.25, 0.3) is 0 Å². The molecule has 2 rings (SSSR count). The van der Waals surface area contributed by atoms with Gasteiger partial charge in [-0.05, 0) is 42.0 Å². The van der Waals surface area contributed by atoms with Crippen LogP contribution in [0.15, 0.2) is 47.4 Å². The Morgan fingerprint density at radius 1 is 0.947 bits per heavy atom. The molecular weight excluding hydrogens is 258 g/mol. The maximum atomic E-state index is 5.66. The summed E-state index contributed by atoms with van der Waals surface area (Å²) in [6.45, 7) is 0. The molecular formula is C15H17NO2S. The van der Waals surface area contributed by atoms with Crippen LogP contribution in [0.2, 0.25) is 0 Å². The number of nitrogen functional groups attached to an aromatic ring is 1. The maximum Gasteiger partial charge on any atom is 0.161 e. The lowest BCUT2D eigenvalue weighted by molar-refractivity contribution is 0.354. The Bertz CT molecular complexity index is 540. The van der Waals surface area contributed by atoms with Crippen molar-refractivity contribution in [1.82, 2.24) is 0 Å². The van der Waals surface area contributed by atoms with Crippen LogP contribution in [0, 0.1) is 0 Å². The van der Waals surface area contributed by atoms with Gasteiger partial charge in [0.15, 0.2) is 11.5 Å². The third-order valence-corrected chi connectivity index (χ3v) is 3.82. The Morgan fingerprint density at radius 3 is 2.26 bits per heavy atom. The van der Waals surface area contributed by atoms with Gasteiger partial charge in [0.05, 0.1) is 14.2 Å². The SMILES string of the molecule is COc1ccc(CSc2ccc(N)cc2)cc1OC. The van der Waals surface area contributed by atoms with Gasteiger partial charge < -0.3 is 15.2 Å². The van der Waals surface area contributed by atoms with E-state index in [-0.39, 0.29) is 0 Å². The fourth-order valence-electron chi connectivity index (χ4n) is 1.70. The topological polar surface area (TPSA) is 44.5 Å². The molecule has 2 aromatic carbocycles. The van der Waals surface area contributed by atoms with Crippen molar-refractivity contribution in [2.45, 2.75) is 10.6 Å². The summed E-state index contributed by atoms with van der Waals surface area (Å²) in [6.07, 6.45) is 0. The van der Waals surface area contributed by atoms with Gasteiger partial charge in [-0.25, -0.2) is 0 Å². The third-order valence-electron chi connectivity index (χ3n) is 2.73. The van der Waals surface area contributed by atoms with Crippen molar-refractivity contribution in [2.75, 3.05) is 20.0 Å². The Hall–Kier alpha value is -1.81. The van der Waals surface area contributed by atoms with Crippen molar-refractivity contribution in [2.24, 2.45) is 0 Å². The van der Waals surface area contributed by atoms with Crippen molar-refractivity contribution < 1.29 is 9.47 Å². The quantitative estimate of drug-likeness (QED) is 0.669. The number of methoxy groups -OCH3 is 2. The van der Waals surface area contributed by atoms with Crippen LogP contribution in [-0.4, -0.2) is 14.2 Å². The number of thioether (sulfide) groups is 1. The molecule has 0 aromatic heterocycles. The highest BCUT2D eigenvalue weighted by Gasteiger charge is 2.04. The number of hydrogen-bond acceptors (Lipinski definition) is 4. The van der Waals surface area contributed by atoms with E-state index in [2.05, 4.69) is 0 Å². The first kappa shape index (κ1) is 13.6. The molecule has 0 spiro atoms. The Balaban J connectivity index is 2.05. The summed E-state index contributed by atoms with van der Waals surface area (Å²) in [4.78, 5) is 1.20. The number of ether oxygens (including phenoxy) is 2. The Morgan fingerprint density at radius 2 is 1.63 bits per heavy atom. The zero-order valence-electron chi connectivity index (χ0n) is 11.1. The molecule has 0 bridgehead atoms. The van der Waals surface area contributed by atoms with Gasteiger partial charge >= 0.3 is 0 Å². The minimum atomic E-state index is 0.753. The number of nitrogens with two attached hydrogens (primary N) is 1. The number of rotatable bonds is 5. The molecule has 0 amide bonds. The van der Waals surface area contributed by atoms with Crippen molar-refractivity contribution in [3.05, 3.63) is 48.0 Å². The molecule has 4 heteroatoms. The minimum Gasteiger partial charge on any atom is -0.493 e. The highest BCUT2D eigenvalue weighted by molar-refractivity contribution is 7.98. The lowest BCUT2D eigenvalue weighted by Gasteiger charge is -2.09. The van der Waals surface area contributed by atoms with Crippen LogP contribution in [0.4, 0.5) is 5.69 Å². The smallest absolute Gasteiger partial charge is 0.161 e. The highest BCUT2D eigenvalue weighted by Crippen LogP contribution is 2.30. The van der Waals surface area contributed by atoms with Crippen molar-refractivity contribution >= 4 is 17.4 Å². The monoisotopic (exact) mass is 275 g/mol. The van der Waals surface area contributed by atoms with E-state index < -0.39 is 0 Å². The fourth-order valence-corrected chi connectivity index (χ4v) is 2.54.